The fourth-order valence-electron chi connectivity index (χ4n) is 2.45. The lowest BCUT2D eigenvalue weighted by molar-refractivity contribution is -0.171. The summed E-state index contributed by atoms with van der Waals surface area (Å²) < 4.78 is 10.4. The SMILES string of the molecule is CON(C)C(=O)[C@@H](CCCCNC(=O)OCc1ccccc1)NC(=O)OC(C)(C)C. The number of ether oxygens (including phenoxy) is 2. The Morgan fingerprint density at radius 2 is 1.73 bits per heavy atom. The predicted octanol–water partition coefficient (Wildman–Crippen LogP) is 3.00. The first-order valence-electron chi connectivity index (χ1n) is 9.88. The fourth-order valence-corrected chi connectivity index (χ4v) is 2.45. The van der Waals surface area contributed by atoms with Crippen molar-refractivity contribution in [2.75, 3.05) is 20.7 Å². The molecule has 0 unspecified atom stereocenters. The highest BCUT2D eigenvalue weighted by Crippen LogP contribution is 2.09. The summed E-state index contributed by atoms with van der Waals surface area (Å²) >= 11 is 0. The van der Waals surface area contributed by atoms with Crippen molar-refractivity contribution in [2.24, 2.45) is 0 Å². The minimum absolute atomic E-state index is 0.201. The van der Waals surface area contributed by atoms with E-state index in [1.54, 1.807) is 20.8 Å². The van der Waals surface area contributed by atoms with Gasteiger partial charge in [0.1, 0.15) is 18.2 Å². The largest absolute Gasteiger partial charge is 0.445 e. The Balaban J connectivity index is 2.38. The zero-order valence-electron chi connectivity index (χ0n) is 18.4. The molecule has 1 aromatic rings. The van der Waals surface area contributed by atoms with Gasteiger partial charge in [0.15, 0.2) is 0 Å². The molecule has 0 radical (unpaired) electrons. The van der Waals surface area contributed by atoms with Gasteiger partial charge in [-0.2, -0.15) is 0 Å². The highest BCUT2D eigenvalue weighted by molar-refractivity contribution is 5.84. The summed E-state index contributed by atoms with van der Waals surface area (Å²) in [5, 5.41) is 6.31. The van der Waals surface area contributed by atoms with E-state index in [2.05, 4.69) is 10.6 Å². The van der Waals surface area contributed by atoms with E-state index in [9.17, 15) is 14.4 Å². The molecular formula is C21H33N3O6. The summed E-state index contributed by atoms with van der Waals surface area (Å²) in [4.78, 5) is 41.1. The number of hydrogen-bond donors (Lipinski definition) is 2. The molecule has 0 bridgehead atoms. The number of amides is 3. The average Bonchev–Trinajstić information content (AvgIpc) is 2.69. The van der Waals surface area contributed by atoms with Gasteiger partial charge in [0.25, 0.3) is 5.91 Å². The molecule has 30 heavy (non-hydrogen) atoms. The van der Waals surface area contributed by atoms with Gasteiger partial charge in [0.2, 0.25) is 0 Å². The quantitative estimate of drug-likeness (QED) is 0.443. The Hall–Kier alpha value is -2.81. The second-order valence-corrected chi connectivity index (χ2v) is 7.70. The summed E-state index contributed by atoms with van der Waals surface area (Å²) in [6, 6.07) is 8.60. The predicted molar refractivity (Wildman–Crippen MR) is 111 cm³/mol. The van der Waals surface area contributed by atoms with Gasteiger partial charge in [0.05, 0.1) is 7.11 Å². The average molecular weight is 424 g/mol. The lowest BCUT2D eigenvalue weighted by Gasteiger charge is -2.25. The number of alkyl carbamates (subject to hydrolysis) is 2. The Morgan fingerprint density at radius 3 is 2.33 bits per heavy atom. The van der Waals surface area contributed by atoms with Crippen molar-refractivity contribution in [2.45, 2.75) is 58.3 Å². The standard InChI is InChI=1S/C21H33N3O6/c1-21(2,3)30-20(27)23-17(18(25)24(4)28-5)13-9-10-14-22-19(26)29-15-16-11-7-6-8-12-16/h6-8,11-12,17H,9-10,13-15H2,1-5H3,(H,22,26)(H,23,27)/t17-/m1/s1. The summed E-state index contributed by atoms with van der Waals surface area (Å²) in [5.41, 5.74) is 0.235. The van der Waals surface area contributed by atoms with Gasteiger partial charge in [-0.15, -0.1) is 0 Å². The van der Waals surface area contributed by atoms with E-state index in [0.29, 0.717) is 25.8 Å². The number of nitrogens with zero attached hydrogens (tertiary/aromatic N) is 1. The van der Waals surface area contributed by atoms with E-state index >= 15 is 0 Å². The van der Waals surface area contributed by atoms with E-state index in [-0.39, 0.29) is 6.61 Å². The van der Waals surface area contributed by atoms with Crippen LogP contribution in [-0.4, -0.2) is 55.5 Å². The van der Waals surface area contributed by atoms with Crippen LogP contribution in [0.5, 0.6) is 0 Å². The maximum atomic E-state index is 12.4. The van der Waals surface area contributed by atoms with Crippen LogP contribution < -0.4 is 10.6 Å². The number of hydroxylamine groups is 2. The number of hydrogen-bond acceptors (Lipinski definition) is 6. The molecule has 0 heterocycles. The number of benzene rings is 1. The lowest BCUT2D eigenvalue weighted by Crippen LogP contribution is -2.48. The molecule has 0 saturated heterocycles. The minimum atomic E-state index is -0.796. The van der Waals surface area contributed by atoms with Gasteiger partial charge in [0, 0.05) is 13.6 Å². The molecule has 1 aromatic carbocycles. The Bertz CT molecular complexity index is 675. The second-order valence-electron chi connectivity index (χ2n) is 7.70. The van der Waals surface area contributed by atoms with Crippen molar-refractivity contribution in [1.29, 1.82) is 0 Å². The molecular weight excluding hydrogens is 390 g/mol. The van der Waals surface area contributed by atoms with Crippen molar-refractivity contribution in [3.8, 4) is 0 Å². The van der Waals surface area contributed by atoms with Crippen molar-refractivity contribution >= 4 is 18.1 Å². The molecule has 0 saturated carbocycles. The highest BCUT2D eigenvalue weighted by atomic mass is 16.7. The molecule has 9 heteroatoms. The van der Waals surface area contributed by atoms with Crippen LogP contribution in [0.2, 0.25) is 0 Å². The van der Waals surface area contributed by atoms with Gasteiger partial charge in [-0.3, -0.25) is 9.63 Å². The van der Waals surface area contributed by atoms with Crippen LogP contribution in [0.4, 0.5) is 9.59 Å². The second kappa shape index (κ2) is 12.7. The van der Waals surface area contributed by atoms with Crippen LogP contribution in [0.3, 0.4) is 0 Å². The Morgan fingerprint density at radius 1 is 1.07 bits per heavy atom. The zero-order valence-corrected chi connectivity index (χ0v) is 18.4. The van der Waals surface area contributed by atoms with Crippen molar-refractivity contribution in [3.63, 3.8) is 0 Å². The maximum absolute atomic E-state index is 12.4. The van der Waals surface area contributed by atoms with Crippen LogP contribution >= 0.6 is 0 Å². The smallest absolute Gasteiger partial charge is 0.408 e. The molecule has 1 atom stereocenters. The first-order valence-corrected chi connectivity index (χ1v) is 9.88. The number of rotatable bonds is 10. The van der Waals surface area contributed by atoms with Gasteiger partial charge >= 0.3 is 12.2 Å². The number of unbranched alkanes of at least 4 members (excludes halogenated alkanes) is 1. The van der Waals surface area contributed by atoms with Crippen molar-refractivity contribution < 1.29 is 28.7 Å². The topological polar surface area (TPSA) is 106 Å². The number of carbonyl (C=O) groups is 3. The van der Waals surface area contributed by atoms with Crippen LogP contribution in [0.1, 0.15) is 45.6 Å². The summed E-state index contributed by atoms with van der Waals surface area (Å²) in [6.45, 7) is 5.82. The molecule has 0 spiro atoms. The monoisotopic (exact) mass is 423 g/mol. The van der Waals surface area contributed by atoms with Crippen molar-refractivity contribution in [3.05, 3.63) is 35.9 Å². The molecule has 9 nitrogen and oxygen atoms in total. The molecule has 2 N–H and O–H groups in total. The summed E-state index contributed by atoms with van der Waals surface area (Å²) in [7, 11) is 2.84. The van der Waals surface area contributed by atoms with Crippen LogP contribution in [0.15, 0.2) is 30.3 Å². The van der Waals surface area contributed by atoms with Crippen LogP contribution in [-0.2, 0) is 25.7 Å². The normalized spacial score (nSPS) is 11.9. The van der Waals surface area contributed by atoms with E-state index in [1.807, 2.05) is 30.3 Å². The van der Waals surface area contributed by atoms with Crippen LogP contribution in [0.25, 0.3) is 0 Å². The number of nitrogens with one attached hydrogen (secondary N) is 2. The lowest BCUT2D eigenvalue weighted by atomic mass is 10.1. The Labute approximate surface area is 178 Å². The van der Waals surface area contributed by atoms with Gasteiger partial charge in [-0.25, -0.2) is 14.7 Å². The molecule has 0 aliphatic carbocycles. The van der Waals surface area contributed by atoms with Gasteiger partial charge in [-0.1, -0.05) is 30.3 Å². The molecule has 0 fully saturated rings. The third kappa shape index (κ3) is 10.7. The van der Waals surface area contributed by atoms with Crippen LogP contribution in [0, 0.1) is 0 Å². The maximum Gasteiger partial charge on any atom is 0.408 e. The molecule has 0 aliphatic rings. The number of carbonyl (C=O) groups excluding carboxylic acids is 3. The minimum Gasteiger partial charge on any atom is -0.445 e. The third-order valence-corrected chi connectivity index (χ3v) is 3.97. The Kier molecular flexibility index (Phi) is 10.7. The first kappa shape index (κ1) is 25.2. The number of likely N-dealkylation sites (N-methyl/N-ethyl adjacent to an activating group) is 1. The van der Waals surface area contributed by atoms with Crippen molar-refractivity contribution in [1.82, 2.24) is 15.7 Å². The van der Waals surface area contributed by atoms with Gasteiger partial charge < -0.3 is 20.1 Å². The molecule has 168 valence electrons. The molecule has 0 aliphatic heterocycles. The third-order valence-electron chi connectivity index (χ3n) is 3.97. The molecule has 1 rings (SSSR count). The first-order chi connectivity index (χ1) is 14.1. The van der Waals surface area contributed by atoms with E-state index < -0.39 is 29.7 Å². The molecule has 3 amide bonds. The van der Waals surface area contributed by atoms with E-state index in [1.165, 1.54) is 14.2 Å². The fraction of sp³-hybridized carbons (Fsp3) is 0.571. The zero-order chi connectivity index (χ0) is 22.6. The molecule has 0 aromatic heterocycles. The summed E-state index contributed by atoms with van der Waals surface area (Å²) in [6.07, 6.45) is 0.386. The summed E-state index contributed by atoms with van der Waals surface area (Å²) in [5.74, 6) is -0.390. The van der Waals surface area contributed by atoms with E-state index in [0.717, 1.165) is 10.6 Å². The van der Waals surface area contributed by atoms with E-state index in [4.69, 9.17) is 14.3 Å². The highest BCUT2D eigenvalue weighted by Gasteiger charge is 2.26. The van der Waals surface area contributed by atoms with Gasteiger partial charge in [-0.05, 0) is 45.6 Å².